The molecule has 1 aliphatic carbocycles. The van der Waals surface area contributed by atoms with Gasteiger partial charge in [-0.05, 0) is 32.9 Å². The van der Waals surface area contributed by atoms with Crippen LogP contribution in [0.3, 0.4) is 0 Å². The Morgan fingerprint density at radius 2 is 1.72 bits per heavy atom. The zero-order chi connectivity index (χ0) is 27.1. The first-order chi connectivity index (χ1) is 19.2. The average Bonchev–Trinajstić information content (AvgIpc) is 2.99. The summed E-state index contributed by atoms with van der Waals surface area (Å²) in [6.07, 6.45) is 9.56. The van der Waals surface area contributed by atoms with E-state index in [4.69, 9.17) is 15.8 Å². The van der Waals surface area contributed by atoms with Crippen molar-refractivity contribution in [3.8, 4) is 0 Å². The summed E-state index contributed by atoms with van der Waals surface area (Å²) in [7, 11) is 2.17. The zero-order valence-corrected chi connectivity index (χ0v) is 23.9. The number of rotatable bonds is 14. The minimum Gasteiger partial charge on any atom is -0.354 e. The van der Waals surface area contributed by atoms with E-state index >= 15 is 0 Å². The molecule has 4 rings (SSSR count). The van der Waals surface area contributed by atoms with Gasteiger partial charge in [-0.25, -0.2) is 0 Å². The molecule has 0 bridgehead atoms. The standard InChI is InChI=1S/C27H50N12/c1-37-16-18-39(19-17-37)26-20-25(38-14-12-30-13-15-38)34-27(35-26)33-22-24(36-28)21-31-9-5-8-29-10-11-32-23-6-3-2-4-7-23/h20-21,23,29-30,32H,2-19,22,28H2,1H3,(H,33,34,35). The molecular formula is C27H50N12. The van der Waals surface area contributed by atoms with Gasteiger partial charge >= 0.3 is 0 Å². The van der Waals surface area contributed by atoms with Crippen molar-refractivity contribution in [1.82, 2.24) is 30.8 Å². The van der Waals surface area contributed by atoms with Crippen LogP contribution in [0.5, 0.6) is 0 Å². The molecule has 6 N–H and O–H groups in total. The van der Waals surface area contributed by atoms with Crippen LogP contribution in [0.25, 0.3) is 0 Å². The highest BCUT2D eigenvalue weighted by molar-refractivity contribution is 6.32. The molecule has 218 valence electrons. The van der Waals surface area contributed by atoms with Gasteiger partial charge in [0.05, 0.1) is 12.3 Å². The molecule has 0 atom stereocenters. The Bertz CT molecular complexity index is 887. The van der Waals surface area contributed by atoms with E-state index in [0.29, 0.717) is 18.2 Å². The van der Waals surface area contributed by atoms with Crippen LogP contribution in [-0.2, 0) is 0 Å². The maximum Gasteiger partial charge on any atom is 0.226 e. The lowest BCUT2D eigenvalue weighted by Gasteiger charge is -2.34. The summed E-state index contributed by atoms with van der Waals surface area (Å²) < 4.78 is 0. The van der Waals surface area contributed by atoms with Crippen molar-refractivity contribution in [2.45, 2.75) is 44.6 Å². The molecule has 0 unspecified atom stereocenters. The highest BCUT2D eigenvalue weighted by atomic mass is 15.3. The van der Waals surface area contributed by atoms with Crippen LogP contribution in [0.15, 0.2) is 16.2 Å². The van der Waals surface area contributed by atoms with Gasteiger partial charge in [0.15, 0.2) is 0 Å². The van der Waals surface area contributed by atoms with Crippen LogP contribution in [0, 0.1) is 0 Å². The van der Waals surface area contributed by atoms with Gasteiger partial charge in [0.2, 0.25) is 5.95 Å². The number of nitrogens with one attached hydrogen (secondary N) is 4. The molecule has 0 amide bonds. The van der Waals surface area contributed by atoms with E-state index < -0.39 is 0 Å². The second-order valence-electron chi connectivity index (χ2n) is 10.8. The summed E-state index contributed by atoms with van der Waals surface area (Å²) in [5.74, 6) is 8.20. The van der Waals surface area contributed by atoms with E-state index in [0.717, 1.165) is 103 Å². The number of nitrogens with zero attached hydrogens (tertiary/aromatic N) is 7. The fourth-order valence-corrected chi connectivity index (χ4v) is 5.31. The van der Waals surface area contributed by atoms with Gasteiger partial charge in [-0.15, -0.1) is 0 Å². The summed E-state index contributed by atoms with van der Waals surface area (Å²) >= 11 is 0. The van der Waals surface area contributed by atoms with Gasteiger partial charge in [-0.1, -0.05) is 19.3 Å². The number of aliphatic imine (C=N–C) groups is 1. The van der Waals surface area contributed by atoms with E-state index in [1.54, 1.807) is 6.21 Å². The Kier molecular flexibility index (Phi) is 12.5. The predicted octanol–water partition coefficient (Wildman–Crippen LogP) is 0.337. The third-order valence-corrected chi connectivity index (χ3v) is 7.78. The molecule has 1 saturated carbocycles. The van der Waals surface area contributed by atoms with Crippen molar-refractivity contribution in [2.75, 3.05) is 107 Å². The molecule has 39 heavy (non-hydrogen) atoms. The van der Waals surface area contributed by atoms with Crippen molar-refractivity contribution in [3.63, 3.8) is 0 Å². The summed E-state index contributed by atoms with van der Waals surface area (Å²) in [4.78, 5) is 21.2. The van der Waals surface area contributed by atoms with Crippen LogP contribution >= 0.6 is 0 Å². The molecule has 2 saturated heterocycles. The predicted molar refractivity (Wildman–Crippen MR) is 163 cm³/mol. The van der Waals surface area contributed by atoms with Gasteiger partial charge in [-0.3, -0.25) is 4.99 Å². The van der Waals surface area contributed by atoms with E-state index in [9.17, 15) is 0 Å². The molecule has 3 heterocycles. The van der Waals surface area contributed by atoms with Gasteiger partial charge in [-0.2, -0.15) is 15.1 Å². The first-order valence-electron chi connectivity index (χ1n) is 14.9. The third-order valence-electron chi connectivity index (χ3n) is 7.78. The number of piperazine rings is 2. The maximum absolute atomic E-state index is 5.67. The first-order valence-corrected chi connectivity index (χ1v) is 14.9. The highest BCUT2D eigenvalue weighted by Crippen LogP contribution is 2.23. The highest BCUT2D eigenvalue weighted by Gasteiger charge is 2.20. The lowest BCUT2D eigenvalue weighted by molar-refractivity contribution is 0.312. The molecule has 12 heteroatoms. The molecular weight excluding hydrogens is 492 g/mol. The van der Waals surface area contributed by atoms with E-state index in [1.807, 2.05) is 0 Å². The minimum atomic E-state index is 0.429. The Hall–Kier alpha value is -2.54. The van der Waals surface area contributed by atoms with Crippen molar-refractivity contribution in [3.05, 3.63) is 6.07 Å². The molecule has 0 aromatic carbocycles. The summed E-state index contributed by atoms with van der Waals surface area (Å²) in [6, 6.07) is 2.85. The van der Waals surface area contributed by atoms with Crippen LogP contribution in [0.2, 0.25) is 0 Å². The average molecular weight is 543 g/mol. The number of nitrogens with two attached hydrogens (primary N) is 1. The maximum atomic E-state index is 5.67. The minimum absolute atomic E-state index is 0.429. The van der Waals surface area contributed by atoms with Crippen molar-refractivity contribution in [2.24, 2.45) is 15.9 Å². The Labute approximate surface area is 234 Å². The molecule has 3 aliphatic rings. The summed E-state index contributed by atoms with van der Waals surface area (Å²) in [6.45, 7) is 12.0. The molecule has 0 radical (unpaired) electrons. The first kappa shape index (κ1) is 29.4. The van der Waals surface area contributed by atoms with Crippen molar-refractivity contribution < 1.29 is 0 Å². The lowest BCUT2D eigenvalue weighted by Crippen LogP contribution is -2.45. The van der Waals surface area contributed by atoms with Gasteiger partial charge < -0.3 is 41.8 Å². The van der Waals surface area contributed by atoms with Crippen LogP contribution < -0.4 is 36.9 Å². The number of hydrazone groups is 1. The SMILES string of the molecule is CN1CCN(c2cc(N3CCNCC3)nc(NCC(C=NCCCNCCNC3CCCCC3)=NN)n2)CC1. The smallest absolute Gasteiger partial charge is 0.226 e. The fourth-order valence-electron chi connectivity index (χ4n) is 5.31. The molecule has 3 fully saturated rings. The van der Waals surface area contributed by atoms with E-state index in [2.05, 4.69) is 59.2 Å². The Morgan fingerprint density at radius 1 is 1.00 bits per heavy atom. The van der Waals surface area contributed by atoms with Gasteiger partial charge in [0.1, 0.15) is 11.6 Å². The largest absolute Gasteiger partial charge is 0.354 e. The number of aromatic nitrogens is 2. The number of anilines is 3. The van der Waals surface area contributed by atoms with Crippen LogP contribution in [-0.4, -0.2) is 125 Å². The zero-order valence-electron chi connectivity index (χ0n) is 23.9. The van der Waals surface area contributed by atoms with E-state index in [1.165, 1.54) is 32.1 Å². The van der Waals surface area contributed by atoms with Crippen LogP contribution in [0.1, 0.15) is 38.5 Å². The summed E-state index contributed by atoms with van der Waals surface area (Å²) in [5, 5.41) is 17.9. The number of hydrogen-bond donors (Lipinski definition) is 5. The number of hydrogen-bond acceptors (Lipinski definition) is 12. The van der Waals surface area contributed by atoms with Gasteiger partial charge in [0, 0.05) is 90.3 Å². The Balaban J connectivity index is 1.20. The van der Waals surface area contributed by atoms with Crippen LogP contribution in [0.4, 0.5) is 17.6 Å². The van der Waals surface area contributed by atoms with E-state index in [-0.39, 0.29) is 0 Å². The van der Waals surface area contributed by atoms with Crippen molar-refractivity contribution in [1.29, 1.82) is 0 Å². The van der Waals surface area contributed by atoms with Crippen molar-refractivity contribution >= 4 is 29.5 Å². The monoisotopic (exact) mass is 542 g/mol. The second kappa shape index (κ2) is 16.5. The van der Waals surface area contributed by atoms with Gasteiger partial charge in [0.25, 0.3) is 0 Å². The molecule has 12 nitrogen and oxygen atoms in total. The molecule has 1 aromatic rings. The topological polar surface area (TPSA) is 134 Å². The lowest BCUT2D eigenvalue weighted by atomic mass is 9.95. The molecule has 1 aromatic heterocycles. The molecule has 2 aliphatic heterocycles. The number of likely N-dealkylation sites (N-methyl/N-ethyl adjacent to an activating group) is 1. The second-order valence-corrected chi connectivity index (χ2v) is 10.8. The Morgan fingerprint density at radius 3 is 2.44 bits per heavy atom. The quantitative estimate of drug-likeness (QED) is 0.0969. The normalized spacial score (nSPS) is 20.2. The fraction of sp³-hybridized carbons (Fsp3) is 0.778. The third kappa shape index (κ3) is 10.2. The summed E-state index contributed by atoms with van der Waals surface area (Å²) in [5.41, 5.74) is 0.678. The molecule has 0 spiro atoms.